The summed E-state index contributed by atoms with van der Waals surface area (Å²) in [5.74, 6) is 1.54. The number of nitrogens with one attached hydrogen (secondary N) is 3. The normalized spacial score (nSPS) is 14.5. The molecule has 7 rings (SSSR count). The lowest BCUT2D eigenvalue weighted by Crippen LogP contribution is -2.24. The van der Waals surface area contributed by atoms with Crippen molar-refractivity contribution in [2.24, 2.45) is 0 Å². The summed E-state index contributed by atoms with van der Waals surface area (Å²) in [4.78, 5) is 26.0. The molecular weight excluding hydrogens is 412 g/mol. The Morgan fingerprint density at radius 1 is 0.879 bits per heavy atom. The maximum atomic E-state index is 6.10. The summed E-state index contributed by atoms with van der Waals surface area (Å²) in [5, 5.41) is 0.932. The summed E-state index contributed by atoms with van der Waals surface area (Å²) in [7, 11) is 0. The zero-order valence-corrected chi connectivity index (χ0v) is 17.4. The summed E-state index contributed by atoms with van der Waals surface area (Å²) >= 11 is 0. The van der Waals surface area contributed by atoms with E-state index in [1.54, 1.807) is 18.6 Å². The monoisotopic (exact) mass is 430 g/mol. The van der Waals surface area contributed by atoms with Crippen LogP contribution < -0.4 is 10.3 Å². The van der Waals surface area contributed by atoms with E-state index in [9.17, 15) is 0 Å². The van der Waals surface area contributed by atoms with E-state index in [1.807, 2.05) is 24.4 Å². The highest BCUT2D eigenvalue weighted by Gasteiger charge is 2.32. The summed E-state index contributed by atoms with van der Waals surface area (Å²) in [6.07, 6.45) is 7.15. The van der Waals surface area contributed by atoms with Gasteiger partial charge in [-0.15, -0.1) is 5.48 Å². The molecule has 7 nitrogen and oxygen atoms in total. The van der Waals surface area contributed by atoms with Crippen LogP contribution in [0.15, 0.2) is 85.5 Å². The number of hydrogen-bond donors (Lipinski definition) is 3. The van der Waals surface area contributed by atoms with Crippen LogP contribution in [0.5, 0.6) is 5.75 Å². The molecule has 4 heterocycles. The van der Waals surface area contributed by atoms with E-state index in [0.29, 0.717) is 5.75 Å². The number of benzene rings is 2. The zero-order chi connectivity index (χ0) is 21.8. The Morgan fingerprint density at radius 2 is 1.79 bits per heavy atom. The molecule has 33 heavy (non-hydrogen) atoms. The minimum Gasteiger partial charge on any atom is -0.405 e. The van der Waals surface area contributed by atoms with Crippen LogP contribution >= 0.6 is 0 Å². The van der Waals surface area contributed by atoms with Gasteiger partial charge in [0.15, 0.2) is 5.75 Å². The third-order valence-corrected chi connectivity index (χ3v) is 6.19. The second-order valence-electron chi connectivity index (χ2n) is 8.04. The molecule has 3 N–H and O–H groups in total. The van der Waals surface area contributed by atoms with Gasteiger partial charge in [-0.25, -0.2) is 9.97 Å². The van der Waals surface area contributed by atoms with Crippen molar-refractivity contribution in [2.45, 2.75) is 6.04 Å². The lowest BCUT2D eigenvalue weighted by atomic mass is 9.99. The molecule has 1 aliphatic rings. The molecule has 158 valence electrons. The quantitative estimate of drug-likeness (QED) is 0.336. The number of pyridine rings is 2. The van der Waals surface area contributed by atoms with E-state index < -0.39 is 0 Å². The van der Waals surface area contributed by atoms with E-state index in [1.165, 1.54) is 5.56 Å². The molecule has 0 saturated carbocycles. The Bertz CT molecular complexity index is 1620. The van der Waals surface area contributed by atoms with Gasteiger partial charge in [0, 0.05) is 24.2 Å². The van der Waals surface area contributed by atoms with Gasteiger partial charge in [-0.05, 0) is 40.5 Å². The van der Waals surface area contributed by atoms with Crippen LogP contribution in [0.4, 0.5) is 0 Å². The van der Waals surface area contributed by atoms with Crippen molar-refractivity contribution in [2.75, 3.05) is 0 Å². The Balaban J connectivity index is 1.33. The molecule has 1 aliphatic carbocycles. The molecule has 7 heteroatoms. The Kier molecular flexibility index (Phi) is 3.85. The van der Waals surface area contributed by atoms with Crippen molar-refractivity contribution in [3.8, 4) is 28.3 Å². The van der Waals surface area contributed by atoms with Crippen LogP contribution in [0.1, 0.15) is 17.2 Å². The van der Waals surface area contributed by atoms with Crippen molar-refractivity contribution in [1.29, 1.82) is 0 Å². The second kappa shape index (κ2) is 7.01. The molecule has 0 amide bonds. The first-order valence-electron chi connectivity index (χ1n) is 10.7. The molecule has 0 spiro atoms. The highest BCUT2D eigenvalue weighted by Crippen LogP contribution is 2.47. The van der Waals surface area contributed by atoms with E-state index >= 15 is 0 Å². The number of hydroxylamine groups is 1. The fraction of sp³-hybridized carbons (Fsp3) is 0.0385. The SMILES string of the molecule is c1ccc2c(c1)-c1c(-c3nc4ccncc4[nH]3)cccc1C2NOc1c[nH]c2ncccc12. The third kappa shape index (κ3) is 2.76. The van der Waals surface area contributed by atoms with Gasteiger partial charge in [0.2, 0.25) is 0 Å². The van der Waals surface area contributed by atoms with Crippen molar-refractivity contribution in [3.05, 3.63) is 96.6 Å². The predicted molar refractivity (Wildman–Crippen MR) is 126 cm³/mol. The molecule has 0 fully saturated rings. The Morgan fingerprint density at radius 3 is 2.76 bits per heavy atom. The van der Waals surface area contributed by atoms with E-state index in [0.717, 1.165) is 50.1 Å². The first kappa shape index (κ1) is 18.1. The van der Waals surface area contributed by atoms with Gasteiger partial charge in [-0.3, -0.25) is 4.98 Å². The van der Waals surface area contributed by atoms with Crippen LogP contribution in [0.2, 0.25) is 0 Å². The molecule has 0 aliphatic heterocycles. The lowest BCUT2D eigenvalue weighted by Gasteiger charge is -2.16. The maximum absolute atomic E-state index is 6.10. The molecule has 1 unspecified atom stereocenters. The highest BCUT2D eigenvalue weighted by molar-refractivity contribution is 5.91. The Hall–Kier alpha value is -4.49. The number of nitrogens with zero attached hydrogens (tertiary/aromatic N) is 3. The Labute approximate surface area is 188 Å². The first-order chi connectivity index (χ1) is 16.4. The molecule has 2 aromatic carbocycles. The number of aromatic nitrogens is 5. The smallest absolute Gasteiger partial charge is 0.174 e. The molecule has 0 bridgehead atoms. The van der Waals surface area contributed by atoms with Gasteiger partial charge in [-0.2, -0.15) is 0 Å². The number of imidazole rings is 1. The zero-order valence-electron chi connectivity index (χ0n) is 17.4. The van der Waals surface area contributed by atoms with Crippen LogP contribution in [-0.4, -0.2) is 24.9 Å². The molecule has 0 saturated heterocycles. The predicted octanol–water partition coefficient (Wildman–Crippen LogP) is 5.15. The first-order valence-corrected chi connectivity index (χ1v) is 10.7. The van der Waals surface area contributed by atoms with Crippen molar-refractivity contribution >= 4 is 22.1 Å². The highest BCUT2D eigenvalue weighted by atomic mass is 16.6. The molecule has 4 aromatic heterocycles. The van der Waals surface area contributed by atoms with Gasteiger partial charge in [0.1, 0.15) is 11.5 Å². The average molecular weight is 430 g/mol. The summed E-state index contributed by atoms with van der Waals surface area (Å²) in [6.45, 7) is 0. The van der Waals surface area contributed by atoms with Crippen molar-refractivity contribution in [3.63, 3.8) is 0 Å². The molecular formula is C26H18N6O. The molecule has 0 radical (unpaired) electrons. The minimum atomic E-state index is -0.121. The van der Waals surface area contributed by atoms with E-state index in [2.05, 4.69) is 67.9 Å². The summed E-state index contributed by atoms with van der Waals surface area (Å²) < 4.78 is 0. The topological polar surface area (TPSA) is 91.5 Å². The van der Waals surface area contributed by atoms with Gasteiger partial charge in [-0.1, -0.05) is 42.5 Å². The van der Waals surface area contributed by atoms with E-state index in [4.69, 9.17) is 9.82 Å². The van der Waals surface area contributed by atoms with Gasteiger partial charge in [0.25, 0.3) is 0 Å². The van der Waals surface area contributed by atoms with E-state index in [-0.39, 0.29) is 6.04 Å². The number of aromatic amines is 2. The van der Waals surface area contributed by atoms with Gasteiger partial charge < -0.3 is 14.8 Å². The lowest BCUT2D eigenvalue weighted by molar-refractivity contribution is 0.174. The standard InChI is InChI=1S/C26H18N6O/c1-2-6-16-15(5-1)23-18(24(16)32-33-22-14-29-25-17(22)9-4-11-28-25)7-3-8-19(23)26-30-20-10-12-27-13-21(20)31-26/h1-14,24,32H,(H,28,29)(H,30,31). The number of rotatable bonds is 4. The summed E-state index contributed by atoms with van der Waals surface area (Å²) in [5.41, 5.74) is 11.6. The number of H-pyrrole nitrogens is 2. The second-order valence-corrected chi connectivity index (χ2v) is 8.04. The van der Waals surface area contributed by atoms with Crippen LogP contribution in [0, 0.1) is 0 Å². The van der Waals surface area contributed by atoms with Crippen LogP contribution in [-0.2, 0) is 0 Å². The van der Waals surface area contributed by atoms with Gasteiger partial charge in [0.05, 0.1) is 28.7 Å². The van der Waals surface area contributed by atoms with Crippen molar-refractivity contribution in [1.82, 2.24) is 30.4 Å². The van der Waals surface area contributed by atoms with Gasteiger partial charge >= 0.3 is 0 Å². The molecule has 6 aromatic rings. The van der Waals surface area contributed by atoms with Crippen molar-refractivity contribution < 1.29 is 4.84 Å². The number of hydrogen-bond acceptors (Lipinski definition) is 5. The third-order valence-electron chi connectivity index (χ3n) is 6.19. The number of fused-ring (bicyclic) bond motifs is 5. The summed E-state index contributed by atoms with van der Waals surface area (Å²) in [6, 6.07) is 20.4. The fourth-order valence-electron chi connectivity index (χ4n) is 4.70. The van der Waals surface area contributed by atoms with Crippen LogP contribution in [0.3, 0.4) is 0 Å². The largest absolute Gasteiger partial charge is 0.405 e. The maximum Gasteiger partial charge on any atom is 0.174 e. The van der Waals surface area contributed by atoms with Crippen LogP contribution in [0.25, 0.3) is 44.6 Å². The minimum absolute atomic E-state index is 0.121. The fourth-order valence-corrected chi connectivity index (χ4v) is 4.70. The molecule has 1 atom stereocenters. The average Bonchev–Trinajstić information content (AvgIpc) is 3.56.